The number of amides is 1. The average Bonchev–Trinajstić information content (AvgIpc) is 2.41. The maximum absolute atomic E-state index is 13.8. The molecule has 1 heterocycles. The van der Waals surface area contributed by atoms with Gasteiger partial charge < -0.3 is 10.0 Å². The number of carboxylic acid groups (broad SMARTS) is 1. The van der Waals surface area contributed by atoms with Crippen molar-refractivity contribution in [2.45, 2.75) is 25.8 Å². The van der Waals surface area contributed by atoms with Gasteiger partial charge in [0.1, 0.15) is 17.7 Å². The molecule has 0 aliphatic carbocycles. The Morgan fingerprint density at radius 2 is 2.00 bits per heavy atom. The van der Waals surface area contributed by atoms with E-state index in [1.807, 2.05) is 0 Å². The number of rotatable bonds is 2. The molecule has 21 heavy (non-hydrogen) atoms. The van der Waals surface area contributed by atoms with E-state index in [1.54, 1.807) is 6.92 Å². The minimum absolute atomic E-state index is 0.198. The Hall–Kier alpha value is -1.69. The van der Waals surface area contributed by atoms with Gasteiger partial charge in [0.15, 0.2) is 0 Å². The van der Waals surface area contributed by atoms with Crippen LogP contribution in [0.4, 0.5) is 8.78 Å². The summed E-state index contributed by atoms with van der Waals surface area (Å²) in [5.74, 6) is -4.11. The number of halogens is 3. The molecule has 1 saturated heterocycles. The summed E-state index contributed by atoms with van der Waals surface area (Å²) in [4.78, 5) is 24.8. The predicted molar refractivity (Wildman–Crippen MR) is 72.2 cm³/mol. The first-order chi connectivity index (χ1) is 9.82. The van der Waals surface area contributed by atoms with Crippen LogP contribution in [0.3, 0.4) is 0 Å². The van der Waals surface area contributed by atoms with Gasteiger partial charge in [-0.3, -0.25) is 4.79 Å². The molecule has 2 unspecified atom stereocenters. The molecule has 114 valence electrons. The first kappa shape index (κ1) is 15.7. The Balaban J connectivity index is 2.38. The van der Waals surface area contributed by atoms with E-state index in [0.29, 0.717) is 25.0 Å². The Labute approximate surface area is 125 Å². The fourth-order valence-electron chi connectivity index (χ4n) is 2.63. The first-order valence-corrected chi connectivity index (χ1v) is 6.89. The summed E-state index contributed by atoms with van der Waals surface area (Å²) >= 11 is 5.44. The quantitative estimate of drug-likeness (QED) is 0.853. The van der Waals surface area contributed by atoms with Crippen molar-refractivity contribution >= 4 is 23.5 Å². The van der Waals surface area contributed by atoms with Crippen molar-refractivity contribution in [3.63, 3.8) is 0 Å². The van der Waals surface area contributed by atoms with Gasteiger partial charge in [0, 0.05) is 6.54 Å². The average molecular weight is 318 g/mol. The third-order valence-corrected chi connectivity index (χ3v) is 3.98. The standard InChI is InChI=1S/C14H14ClF2NO3/c1-7-3-2-4-18(12(7)14(20)21)13(19)8-5-11(17)9(15)6-10(8)16/h5-7,12H,2-4H2,1H3,(H,20,21). The molecule has 7 heteroatoms. The van der Waals surface area contributed by atoms with E-state index in [4.69, 9.17) is 11.6 Å². The summed E-state index contributed by atoms with van der Waals surface area (Å²) < 4.78 is 27.2. The normalized spacial score (nSPS) is 22.2. The maximum atomic E-state index is 13.8. The van der Waals surface area contributed by atoms with Crippen molar-refractivity contribution in [2.75, 3.05) is 6.54 Å². The van der Waals surface area contributed by atoms with E-state index in [1.165, 1.54) is 0 Å². The van der Waals surface area contributed by atoms with Gasteiger partial charge in [0.05, 0.1) is 10.6 Å². The number of hydrogen-bond donors (Lipinski definition) is 1. The molecule has 2 atom stereocenters. The number of carbonyl (C=O) groups is 2. The highest BCUT2D eigenvalue weighted by atomic mass is 35.5. The van der Waals surface area contributed by atoms with Crippen LogP contribution in [-0.2, 0) is 4.79 Å². The van der Waals surface area contributed by atoms with Crippen LogP contribution in [0.2, 0.25) is 5.02 Å². The van der Waals surface area contributed by atoms with Crippen LogP contribution in [0.15, 0.2) is 12.1 Å². The minimum atomic E-state index is -1.15. The fourth-order valence-corrected chi connectivity index (χ4v) is 2.78. The first-order valence-electron chi connectivity index (χ1n) is 6.51. The number of carbonyl (C=O) groups excluding carboxylic acids is 1. The van der Waals surface area contributed by atoms with Gasteiger partial charge in [-0.15, -0.1) is 0 Å². The Bertz CT molecular complexity index is 594. The van der Waals surface area contributed by atoms with Crippen LogP contribution in [-0.4, -0.2) is 34.5 Å². The number of hydrogen-bond acceptors (Lipinski definition) is 2. The van der Waals surface area contributed by atoms with Crippen molar-refractivity contribution in [1.29, 1.82) is 0 Å². The number of benzene rings is 1. The lowest BCUT2D eigenvalue weighted by molar-refractivity contribution is -0.145. The largest absolute Gasteiger partial charge is 0.480 e. The molecule has 0 bridgehead atoms. The lowest BCUT2D eigenvalue weighted by Gasteiger charge is -2.37. The van der Waals surface area contributed by atoms with Gasteiger partial charge in [0.2, 0.25) is 0 Å². The van der Waals surface area contributed by atoms with Crippen molar-refractivity contribution in [3.05, 3.63) is 34.4 Å². The van der Waals surface area contributed by atoms with Gasteiger partial charge in [0.25, 0.3) is 5.91 Å². The number of nitrogens with zero attached hydrogens (tertiary/aromatic N) is 1. The van der Waals surface area contributed by atoms with Gasteiger partial charge in [-0.25, -0.2) is 13.6 Å². The third-order valence-electron chi connectivity index (χ3n) is 3.69. The van der Waals surface area contributed by atoms with E-state index in [-0.39, 0.29) is 12.5 Å². The summed E-state index contributed by atoms with van der Waals surface area (Å²) in [5, 5.41) is 8.83. The fraction of sp³-hybridized carbons (Fsp3) is 0.429. The molecule has 2 rings (SSSR count). The second-order valence-electron chi connectivity index (χ2n) is 5.15. The molecule has 1 fully saturated rings. The Morgan fingerprint density at radius 1 is 1.33 bits per heavy atom. The summed E-state index contributed by atoms with van der Waals surface area (Å²) in [6, 6.07) is 0.384. The highest BCUT2D eigenvalue weighted by molar-refractivity contribution is 6.30. The molecular weight excluding hydrogens is 304 g/mol. The van der Waals surface area contributed by atoms with Crippen molar-refractivity contribution in [3.8, 4) is 0 Å². The third kappa shape index (κ3) is 3.00. The van der Waals surface area contributed by atoms with E-state index < -0.39 is 40.1 Å². The molecule has 1 aromatic rings. The zero-order valence-corrected chi connectivity index (χ0v) is 12.0. The highest BCUT2D eigenvalue weighted by Gasteiger charge is 2.38. The topological polar surface area (TPSA) is 57.6 Å². The SMILES string of the molecule is CC1CCCN(C(=O)c2cc(F)c(Cl)cc2F)C1C(=O)O. The van der Waals surface area contributed by atoms with E-state index in [0.717, 1.165) is 4.90 Å². The monoisotopic (exact) mass is 317 g/mol. The smallest absolute Gasteiger partial charge is 0.326 e. The van der Waals surface area contributed by atoms with E-state index >= 15 is 0 Å². The van der Waals surface area contributed by atoms with Crippen LogP contribution in [0, 0.1) is 17.6 Å². The molecule has 1 aliphatic heterocycles. The van der Waals surface area contributed by atoms with Gasteiger partial charge in [-0.05, 0) is 30.9 Å². The molecule has 0 aromatic heterocycles. The zero-order chi connectivity index (χ0) is 15.7. The number of piperidine rings is 1. The van der Waals surface area contributed by atoms with Crippen LogP contribution in [0.1, 0.15) is 30.1 Å². The van der Waals surface area contributed by atoms with Crippen molar-refractivity contribution in [2.24, 2.45) is 5.92 Å². The molecule has 0 spiro atoms. The Morgan fingerprint density at radius 3 is 2.62 bits per heavy atom. The molecule has 1 N–H and O–H groups in total. The zero-order valence-electron chi connectivity index (χ0n) is 11.3. The minimum Gasteiger partial charge on any atom is -0.480 e. The predicted octanol–water partition coefficient (Wildman–Crippen LogP) is 2.94. The number of aliphatic carboxylic acids is 1. The van der Waals surface area contributed by atoms with Crippen molar-refractivity contribution < 1.29 is 23.5 Å². The lowest BCUT2D eigenvalue weighted by Crippen LogP contribution is -2.52. The van der Waals surface area contributed by atoms with Crippen LogP contribution in [0.5, 0.6) is 0 Å². The molecule has 1 aromatic carbocycles. The lowest BCUT2D eigenvalue weighted by atomic mass is 9.90. The summed E-state index contributed by atoms with van der Waals surface area (Å²) in [5.41, 5.74) is -0.503. The molecule has 1 aliphatic rings. The second-order valence-corrected chi connectivity index (χ2v) is 5.55. The highest BCUT2D eigenvalue weighted by Crippen LogP contribution is 2.27. The Kier molecular flexibility index (Phi) is 4.46. The van der Waals surface area contributed by atoms with Crippen LogP contribution in [0.25, 0.3) is 0 Å². The molecule has 0 saturated carbocycles. The summed E-state index contributed by atoms with van der Waals surface area (Å²) in [7, 11) is 0. The molecule has 0 radical (unpaired) electrons. The molecular formula is C14H14ClF2NO3. The molecule has 1 amide bonds. The maximum Gasteiger partial charge on any atom is 0.326 e. The van der Waals surface area contributed by atoms with Gasteiger partial charge in [-0.2, -0.15) is 0 Å². The van der Waals surface area contributed by atoms with Gasteiger partial charge >= 0.3 is 5.97 Å². The van der Waals surface area contributed by atoms with Crippen molar-refractivity contribution in [1.82, 2.24) is 4.90 Å². The summed E-state index contributed by atoms with van der Waals surface area (Å²) in [6.45, 7) is 1.92. The van der Waals surface area contributed by atoms with Crippen LogP contribution >= 0.6 is 11.6 Å². The summed E-state index contributed by atoms with van der Waals surface area (Å²) in [6.07, 6.45) is 1.28. The van der Waals surface area contributed by atoms with E-state index in [9.17, 15) is 23.5 Å². The van der Waals surface area contributed by atoms with Gasteiger partial charge in [-0.1, -0.05) is 18.5 Å². The number of carboxylic acids is 1. The van der Waals surface area contributed by atoms with Crippen LogP contribution < -0.4 is 0 Å². The van der Waals surface area contributed by atoms with E-state index in [2.05, 4.69) is 0 Å². The number of likely N-dealkylation sites (tertiary alicyclic amines) is 1. The second kappa shape index (κ2) is 5.97. The molecule has 4 nitrogen and oxygen atoms in total.